The van der Waals surface area contributed by atoms with Gasteiger partial charge in [0.1, 0.15) is 11.5 Å². The smallest absolute Gasteiger partial charge is 0.160 e. The van der Waals surface area contributed by atoms with E-state index in [0.717, 1.165) is 67.4 Å². The minimum absolute atomic E-state index is 0.506. The third kappa shape index (κ3) is 4.98. The SMILES string of the molecule is c1ccc(-c2cc(-c3cccc(-c4cccc(-c5cccc6c5Oc5ccccc5C65c6ccccc6-c6ccccc65)c4)c3)nc(-c3ccccc3)n2)cc1. The third-order valence-electron chi connectivity index (χ3n) is 11.4. The minimum Gasteiger partial charge on any atom is -0.456 e. The Morgan fingerprint density at radius 2 is 0.786 bits per heavy atom. The van der Waals surface area contributed by atoms with Gasteiger partial charge < -0.3 is 4.74 Å². The fourth-order valence-electron chi connectivity index (χ4n) is 8.90. The van der Waals surface area contributed by atoms with Gasteiger partial charge in [-0.1, -0.05) is 182 Å². The summed E-state index contributed by atoms with van der Waals surface area (Å²) in [5.41, 5.74) is 16.2. The number of rotatable bonds is 5. The number of benzene rings is 8. The molecule has 0 atom stereocenters. The van der Waals surface area contributed by atoms with Crippen LogP contribution in [0, 0.1) is 0 Å². The highest BCUT2D eigenvalue weighted by Gasteiger charge is 2.51. The van der Waals surface area contributed by atoms with E-state index in [1.54, 1.807) is 0 Å². The average Bonchev–Trinajstić information content (AvgIpc) is 3.57. The van der Waals surface area contributed by atoms with Crippen LogP contribution < -0.4 is 4.74 Å². The predicted molar refractivity (Wildman–Crippen MR) is 227 cm³/mol. The van der Waals surface area contributed by atoms with Crippen molar-refractivity contribution in [2.45, 2.75) is 5.41 Å². The quantitative estimate of drug-likeness (QED) is 0.178. The van der Waals surface area contributed by atoms with Gasteiger partial charge in [-0.3, -0.25) is 0 Å². The maximum atomic E-state index is 6.98. The van der Waals surface area contributed by atoms with Crippen molar-refractivity contribution in [1.29, 1.82) is 0 Å². The van der Waals surface area contributed by atoms with E-state index >= 15 is 0 Å². The largest absolute Gasteiger partial charge is 0.456 e. The van der Waals surface area contributed by atoms with Gasteiger partial charge >= 0.3 is 0 Å². The maximum absolute atomic E-state index is 6.98. The molecule has 0 fully saturated rings. The first-order chi connectivity index (χ1) is 27.8. The maximum Gasteiger partial charge on any atom is 0.160 e. The van der Waals surface area contributed by atoms with Crippen molar-refractivity contribution < 1.29 is 4.74 Å². The van der Waals surface area contributed by atoms with Crippen molar-refractivity contribution >= 4 is 0 Å². The first-order valence-electron chi connectivity index (χ1n) is 19.1. The van der Waals surface area contributed by atoms with Crippen LogP contribution in [0.3, 0.4) is 0 Å². The monoisotopic (exact) mass is 714 g/mol. The van der Waals surface area contributed by atoms with Gasteiger partial charge in [0.15, 0.2) is 5.82 Å². The Kier molecular flexibility index (Phi) is 7.39. The molecule has 0 radical (unpaired) electrons. The van der Waals surface area contributed by atoms with Crippen molar-refractivity contribution in [3.05, 3.63) is 229 Å². The van der Waals surface area contributed by atoms with Crippen molar-refractivity contribution in [2.75, 3.05) is 0 Å². The molecule has 0 amide bonds. The van der Waals surface area contributed by atoms with Crippen molar-refractivity contribution in [1.82, 2.24) is 9.97 Å². The zero-order chi connectivity index (χ0) is 37.1. The molecule has 2 aliphatic rings. The Hall–Kier alpha value is -7.36. The number of hydrogen-bond acceptors (Lipinski definition) is 3. The Labute approximate surface area is 326 Å². The summed E-state index contributed by atoms with van der Waals surface area (Å²) in [4.78, 5) is 10.1. The van der Waals surface area contributed by atoms with Crippen LogP contribution >= 0.6 is 0 Å². The summed E-state index contributed by atoms with van der Waals surface area (Å²) < 4.78 is 6.98. The van der Waals surface area contributed by atoms with Gasteiger partial charge in [-0.2, -0.15) is 0 Å². The summed E-state index contributed by atoms with van der Waals surface area (Å²) in [6.45, 7) is 0. The molecular weight excluding hydrogens is 681 g/mol. The lowest BCUT2D eigenvalue weighted by atomic mass is 9.65. The van der Waals surface area contributed by atoms with Gasteiger partial charge in [0, 0.05) is 33.4 Å². The van der Waals surface area contributed by atoms with Crippen LogP contribution in [0.4, 0.5) is 0 Å². The van der Waals surface area contributed by atoms with Crippen LogP contribution in [0.1, 0.15) is 22.3 Å². The van der Waals surface area contributed by atoms with E-state index in [0.29, 0.717) is 5.82 Å². The van der Waals surface area contributed by atoms with Crippen molar-refractivity contribution in [3.63, 3.8) is 0 Å². The fraction of sp³-hybridized carbons (Fsp3) is 0.0189. The molecule has 0 saturated carbocycles. The average molecular weight is 715 g/mol. The van der Waals surface area contributed by atoms with E-state index in [1.807, 2.05) is 36.4 Å². The predicted octanol–water partition coefficient (Wildman–Crippen LogP) is 13.3. The number of para-hydroxylation sites is 2. The molecule has 1 aliphatic heterocycles. The fourth-order valence-corrected chi connectivity index (χ4v) is 8.90. The second-order valence-corrected chi connectivity index (χ2v) is 14.5. The van der Waals surface area contributed by atoms with Crippen LogP contribution in [-0.2, 0) is 5.41 Å². The van der Waals surface area contributed by atoms with E-state index in [4.69, 9.17) is 14.7 Å². The van der Waals surface area contributed by atoms with Crippen LogP contribution in [-0.4, -0.2) is 9.97 Å². The molecule has 11 rings (SSSR count). The van der Waals surface area contributed by atoms with Gasteiger partial charge in [0.05, 0.1) is 16.8 Å². The van der Waals surface area contributed by atoms with Gasteiger partial charge in [0.2, 0.25) is 0 Å². The van der Waals surface area contributed by atoms with E-state index in [1.165, 1.54) is 27.8 Å². The Morgan fingerprint density at radius 1 is 0.321 bits per heavy atom. The molecule has 3 nitrogen and oxygen atoms in total. The molecule has 8 aromatic carbocycles. The van der Waals surface area contributed by atoms with Gasteiger partial charge in [-0.15, -0.1) is 0 Å². The Morgan fingerprint density at radius 3 is 1.48 bits per heavy atom. The molecule has 0 saturated heterocycles. The zero-order valence-corrected chi connectivity index (χ0v) is 30.4. The third-order valence-corrected chi connectivity index (χ3v) is 11.4. The molecule has 1 aromatic heterocycles. The molecular formula is C53H34N2O. The lowest BCUT2D eigenvalue weighted by Crippen LogP contribution is -2.32. The first-order valence-corrected chi connectivity index (χ1v) is 19.1. The summed E-state index contributed by atoms with van der Waals surface area (Å²) in [6, 6.07) is 73.0. The number of fused-ring (bicyclic) bond motifs is 9. The minimum atomic E-state index is -0.506. The number of nitrogens with zero attached hydrogens (tertiary/aromatic N) is 2. The van der Waals surface area contributed by atoms with Gasteiger partial charge in [0.25, 0.3) is 0 Å². The molecule has 1 aliphatic carbocycles. The van der Waals surface area contributed by atoms with Gasteiger partial charge in [-0.05, 0) is 63.2 Å². The van der Waals surface area contributed by atoms with Crippen LogP contribution in [0.15, 0.2) is 206 Å². The highest BCUT2D eigenvalue weighted by molar-refractivity contribution is 5.91. The molecule has 1 spiro atoms. The van der Waals surface area contributed by atoms with E-state index in [-0.39, 0.29) is 0 Å². The molecule has 262 valence electrons. The molecule has 3 heteroatoms. The molecule has 9 aromatic rings. The number of hydrogen-bond donors (Lipinski definition) is 0. The van der Waals surface area contributed by atoms with Crippen LogP contribution in [0.2, 0.25) is 0 Å². The zero-order valence-electron chi connectivity index (χ0n) is 30.4. The lowest BCUT2D eigenvalue weighted by molar-refractivity contribution is 0.438. The lowest BCUT2D eigenvalue weighted by Gasteiger charge is -2.40. The van der Waals surface area contributed by atoms with E-state index < -0.39 is 5.41 Å². The number of aromatic nitrogens is 2. The summed E-state index contributed by atoms with van der Waals surface area (Å²) in [5, 5.41) is 0. The molecule has 56 heavy (non-hydrogen) atoms. The summed E-state index contributed by atoms with van der Waals surface area (Å²) >= 11 is 0. The summed E-state index contributed by atoms with van der Waals surface area (Å²) in [7, 11) is 0. The summed E-state index contributed by atoms with van der Waals surface area (Å²) in [5.74, 6) is 2.49. The molecule has 0 bridgehead atoms. The normalized spacial score (nSPS) is 12.9. The van der Waals surface area contributed by atoms with E-state index in [2.05, 4.69) is 170 Å². The topological polar surface area (TPSA) is 35.0 Å². The highest BCUT2D eigenvalue weighted by atomic mass is 16.5. The highest BCUT2D eigenvalue weighted by Crippen LogP contribution is 2.63. The van der Waals surface area contributed by atoms with Crippen LogP contribution in [0.5, 0.6) is 11.5 Å². The second kappa shape index (κ2) is 12.9. The van der Waals surface area contributed by atoms with Gasteiger partial charge in [-0.25, -0.2) is 9.97 Å². The van der Waals surface area contributed by atoms with Crippen molar-refractivity contribution in [2.24, 2.45) is 0 Å². The Bertz CT molecular complexity index is 2850. The molecule has 0 unspecified atom stereocenters. The summed E-state index contributed by atoms with van der Waals surface area (Å²) in [6.07, 6.45) is 0. The Balaban J connectivity index is 1.04. The standard InChI is InChI=1S/C53H34N2O/c1-3-16-35(17-4-1)48-34-49(55-52(54-48)36-18-5-2-6-19-36)40-23-14-21-38(33-40)37-20-13-22-39(32-37)41-26-15-30-47-51(41)56-50-31-12-11-29-46(50)53(47)44-27-9-7-24-42(44)43-25-8-10-28-45(43)53/h1-34H. The van der Waals surface area contributed by atoms with Crippen LogP contribution in [0.25, 0.3) is 67.3 Å². The molecule has 0 N–H and O–H groups in total. The van der Waals surface area contributed by atoms with Crippen molar-refractivity contribution in [3.8, 4) is 78.8 Å². The number of ether oxygens (including phenoxy) is 1. The second-order valence-electron chi connectivity index (χ2n) is 14.5. The molecule has 2 heterocycles. The van der Waals surface area contributed by atoms with E-state index in [9.17, 15) is 0 Å². The first kappa shape index (κ1) is 32.1.